The number of aliphatic hydroxyl groups is 1. The van der Waals surface area contributed by atoms with Crippen LogP contribution in [0.25, 0.3) is 0 Å². The van der Waals surface area contributed by atoms with Gasteiger partial charge in [-0.2, -0.15) is 0 Å². The van der Waals surface area contributed by atoms with E-state index in [0.717, 1.165) is 12.5 Å². The van der Waals surface area contributed by atoms with Crippen molar-refractivity contribution in [3.05, 3.63) is 29.6 Å². The second-order valence-corrected chi connectivity index (χ2v) is 6.02. The Morgan fingerprint density at radius 1 is 1.45 bits per heavy atom. The summed E-state index contributed by atoms with van der Waals surface area (Å²) in [5.74, 6) is 1.27. The first kappa shape index (κ1) is 13.8. The fourth-order valence-corrected chi connectivity index (χ4v) is 3.83. The van der Waals surface area contributed by atoms with Crippen molar-refractivity contribution in [2.45, 2.75) is 37.8 Å². The summed E-state index contributed by atoms with van der Waals surface area (Å²) in [6.07, 6.45) is 3.91. The van der Waals surface area contributed by atoms with Crippen LogP contribution >= 0.6 is 0 Å². The SMILES string of the molecule is COc1ccc(C(O)CC2NCC3CCCC32)cc1F. The van der Waals surface area contributed by atoms with Crippen LogP contribution < -0.4 is 10.1 Å². The van der Waals surface area contributed by atoms with E-state index in [0.29, 0.717) is 23.9 Å². The van der Waals surface area contributed by atoms with Crippen LogP contribution in [0.1, 0.15) is 37.4 Å². The van der Waals surface area contributed by atoms with Crippen molar-refractivity contribution in [3.8, 4) is 5.75 Å². The molecule has 1 aromatic rings. The molecule has 4 heteroatoms. The van der Waals surface area contributed by atoms with E-state index in [9.17, 15) is 9.50 Å². The van der Waals surface area contributed by atoms with E-state index in [1.54, 1.807) is 12.1 Å². The zero-order valence-corrected chi connectivity index (χ0v) is 11.8. The third-order valence-electron chi connectivity index (χ3n) is 4.91. The molecule has 0 bridgehead atoms. The maximum Gasteiger partial charge on any atom is 0.165 e. The second-order valence-electron chi connectivity index (χ2n) is 6.02. The smallest absolute Gasteiger partial charge is 0.165 e. The van der Waals surface area contributed by atoms with E-state index in [2.05, 4.69) is 5.32 Å². The number of methoxy groups -OCH3 is 1. The number of nitrogens with one attached hydrogen (secondary N) is 1. The van der Waals surface area contributed by atoms with Gasteiger partial charge in [0.25, 0.3) is 0 Å². The van der Waals surface area contributed by atoms with Gasteiger partial charge in [-0.25, -0.2) is 4.39 Å². The highest BCUT2D eigenvalue weighted by Gasteiger charge is 2.39. The number of hydrogen-bond donors (Lipinski definition) is 2. The summed E-state index contributed by atoms with van der Waals surface area (Å²) in [6.45, 7) is 1.07. The predicted octanol–water partition coefficient (Wildman–Crippen LogP) is 2.65. The van der Waals surface area contributed by atoms with E-state index in [1.807, 2.05) is 0 Å². The minimum atomic E-state index is -0.618. The van der Waals surface area contributed by atoms with Gasteiger partial charge in [0.15, 0.2) is 11.6 Å². The Balaban J connectivity index is 1.67. The molecule has 1 heterocycles. The molecule has 0 aromatic heterocycles. The monoisotopic (exact) mass is 279 g/mol. The second kappa shape index (κ2) is 5.70. The Hall–Kier alpha value is -1.13. The number of benzene rings is 1. The van der Waals surface area contributed by atoms with E-state index in [4.69, 9.17) is 4.74 Å². The Bertz CT molecular complexity index is 480. The summed E-state index contributed by atoms with van der Waals surface area (Å²) in [5, 5.41) is 13.9. The van der Waals surface area contributed by atoms with E-state index < -0.39 is 11.9 Å². The van der Waals surface area contributed by atoms with E-state index >= 15 is 0 Å². The van der Waals surface area contributed by atoms with E-state index in [1.165, 1.54) is 32.4 Å². The fraction of sp³-hybridized carbons (Fsp3) is 0.625. The Kier molecular flexibility index (Phi) is 3.94. The molecule has 20 heavy (non-hydrogen) atoms. The first-order chi connectivity index (χ1) is 9.69. The molecule has 4 atom stereocenters. The quantitative estimate of drug-likeness (QED) is 0.890. The first-order valence-electron chi connectivity index (χ1n) is 7.44. The molecule has 1 aliphatic carbocycles. The van der Waals surface area contributed by atoms with Crippen molar-refractivity contribution < 1.29 is 14.2 Å². The normalized spacial score (nSPS) is 30.2. The van der Waals surface area contributed by atoms with Gasteiger partial charge in [0, 0.05) is 6.04 Å². The van der Waals surface area contributed by atoms with Crippen LogP contribution in [0.2, 0.25) is 0 Å². The van der Waals surface area contributed by atoms with Gasteiger partial charge in [-0.15, -0.1) is 0 Å². The van der Waals surface area contributed by atoms with Gasteiger partial charge < -0.3 is 15.2 Å². The number of ether oxygens (including phenoxy) is 1. The van der Waals surface area contributed by atoms with Gasteiger partial charge in [-0.05, 0) is 55.3 Å². The molecule has 2 N–H and O–H groups in total. The first-order valence-corrected chi connectivity index (χ1v) is 7.44. The molecule has 1 saturated heterocycles. The molecule has 0 amide bonds. The number of fused-ring (bicyclic) bond motifs is 1. The topological polar surface area (TPSA) is 41.5 Å². The van der Waals surface area contributed by atoms with Gasteiger partial charge in [0.05, 0.1) is 13.2 Å². The molecule has 1 aliphatic heterocycles. The molecular weight excluding hydrogens is 257 g/mol. The molecule has 1 aromatic carbocycles. The zero-order chi connectivity index (χ0) is 14.1. The lowest BCUT2D eigenvalue weighted by molar-refractivity contribution is 0.144. The lowest BCUT2D eigenvalue weighted by atomic mass is 9.89. The number of aliphatic hydroxyl groups excluding tert-OH is 1. The predicted molar refractivity (Wildman–Crippen MR) is 75.2 cm³/mol. The van der Waals surface area contributed by atoms with Gasteiger partial charge >= 0.3 is 0 Å². The molecule has 3 nitrogen and oxygen atoms in total. The Morgan fingerprint density at radius 3 is 3.05 bits per heavy atom. The highest BCUT2D eigenvalue weighted by atomic mass is 19.1. The van der Waals surface area contributed by atoms with Crippen LogP contribution in [0.3, 0.4) is 0 Å². The van der Waals surface area contributed by atoms with Crippen molar-refractivity contribution in [2.75, 3.05) is 13.7 Å². The Labute approximate surface area is 119 Å². The van der Waals surface area contributed by atoms with Crippen LogP contribution in [-0.2, 0) is 0 Å². The van der Waals surface area contributed by atoms with Crippen molar-refractivity contribution in [1.29, 1.82) is 0 Å². The van der Waals surface area contributed by atoms with Crippen molar-refractivity contribution in [1.82, 2.24) is 5.32 Å². The molecule has 0 radical (unpaired) electrons. The minimum absolute atomic E-state index is 0.218. The molecule has 110 valence electrons. The maximum absolute atomic E-state index is 13.7. The number of halogens is 1. The Morgan fingerprint density at radius 2 is 2.30 bits per heavy atom. The molecule has 2 aliphatic rings. The van der Waals surface area contributed by atoms with Crippen LogP contribution in [-0.4, -0.2) is 24.8 Å². The van der Waals surface area contributed by atoms with Crippen LogP contribution in [0.15, 0.2) is 18.2 Å². The average Bonchev–Trinajstić information content (AvgIpc) is 3.03. The highest BCUT2D eigenvalue weighted by molar-refractivity contribution is 5.30. The third kappa shape index (κ3) is 2.54. The lowest BCUT2D eigenvalue weighted by Gasteiger charge is -2.22. The third-order valence-corrected chi connectivity index (χ3v) is 4.91. The molecule has 4 unspecified atom stereocenters. The molecule has 2 fully saturated rings. The molecule has 3 rings (SSSR count). The number of rotatable bonds is 4. The summed E-state index contributed by atoms with van der Waals surface area (Å²) in [5.41, 5.74) is 0.631. The zero-order valence-electron chi connectivity index (χ0n) is 11.8. The van der Waals surface area contributed by atoms with Crippen molar-refractivity contribution in [2.24, 2.45) is 11.8 Å². The van der Waals surface area contributed by atoms with Crippen LogP contribution in [0, 0.1) is 17.7 Å². The van der Waals surface area contributed by atoms with Gasteiger partial charge in [0.1, 0.15) is 0 Å². The van der Waals surface area contributed by atoms with Gasteiger partial charge in [0.2, 0.25) is 0 Å². The van der Waals surface area contributed by atoms with Gasteiger partial charge in [-0.3, -0.25) is 0 Å². The highest BCUT2D eigenvalue weighted by Crippen LogP contribution is 2.40. The summed E-state index contributed by atoms with van der Waals surface area (Å²) >= 11 is 0. The van der Waals surface area contributed by atoms with Gasteiger partial charge in [-0.1, -0.05) is 12.5 Å². The largest absolute Gasteiger partial charge is 0.494 e. The average molecular weight is 279 g/mol. The maximum atomic E-state index is 13.7. The molecule has 1 saturated carbocycles. The van der Waals surface area contributed by atoms with Crippen LogP contribution in [0.5, 0.6) is 5.75 Å². The standard InChI is InChI=1S/C16H22FNO2/c1-20-16-6-5-10(7-13(16)17)15(19)8-14-12-4-2-3-11(12)9-18-14/h5-7,11-12,14-15,18-19H,2-4,8-9H2,1H3. The van der Waals surface area contributed by atoms with Crippen molar-refractivity contribution in [3.63, 3.8) is 0 Å². The summed E-state index contributed by atoms with van der Waals surface area (Å²) < 4.78 is 18.6. The molecular formula is C16H22FNO2. The summed E-state index contributed by atoms with van der Waals surface area (Å²) in [4.78, 5) is 0. The lowest BCUT2D eigenvalue weighted by Crippen LogP contribution is -2.28. The van der Waals surface area contributed by atoms with E-state index in [-0.39, 0.29) is 5.75 Å². The molecule has 0 spiro atoms. The summed E-state index contributed by atoms with van der Waals surface area (Å²) in [6, 6.07) is 5.06. The van der Waals surface area contributed by atoms with Crippen molar-refractivity contribution >= 4 is 0 Å². The summed E-state index contributed by atoms with van der Waals surface area (Å²) in [7, 11) is 1.44. The van der Waals surface area contributed by atoms with Crippen LogP contribution in [0.4, 0.5) is 4.39 Å². The minimum Gasteiger partial charge on any atom is -0.494 e. The number of hydrogen-bond acceptors (Lipinski definition) is 3. The fourth-order valence-electron chi connectivity index (χ4n) is 3.83.